The Kier molecular flexibility index (Phi) is 9.12. The van der Waals surface area contributed by atoms with Gasteiger partial charge in [0.05, 0.1) is 18.8 Å². The molecule has 1 heterocycles. The largest absolute Gasteiger partial charge is 0.481 e. The van der Waals surface area contributed by atoms with Gasteiger partial charge in [0.1, 0.15) is 0 Å². The zero-order valence-corrected chi connectivity index (χ0v) is 25.2. The molecule has 0 radical (unpaired) electrons. The van der Waals surface area contributed by atoms with Crippen molar-refractivity contribution < 1.29 is 23.8 Å². The Labute approximate surface area is 234 Å². The number of hydrogen-bond acceptors (Lipinski definition) is 4. The summed E-state index contributed by atoms with van der Waals surface area (Å²) in [5.74, 6) is -1.60. The second-order valence-corrected chi connectivity index (χ2v) is 14.4. The van der Waals surface area contributed by atoms with E-state index in [1.807, 2.05) is 38.1 Å². The second-order valence-electron chi connectivity index (χ2n) is 12.0. The number of carbonyl (C=O) groups is 1. The highest BCUT2D eigenvalue weighted by Gasteiger charge is 2.47. The van der Waals surface area contributed by atoms with Gasteiger partial charge in [0, 0.05) is 12.3 Å². The van der Waals surface area contributed by atoms with Gasteiger partial charge < -0.3 is 19.0 Å². The number of aliphatic carboxylic acids is 1. The molecular weight excluding hydrogens is 504 g/mol. The van der Waals surface area contributed by atoms with E-state index in [0.717, 1.165) is 16.7 Å². The normalized spacial score (nSPS) is 20.1. The number of rotatable bonds is 9. The van der Waals surface area contributed by atoms with Crippen molar-refractivity contribution in [3.63, 3.8) is 0 Å². The Morgan fingerprint density at radius 2 is 1.59 bits per heavy atom. The predicted octanol–water partition coefficient (Wildman–Crippen LogP) is 5.22. The molecule has 4 rings (SSSR count). The van der Waals surface area contributed by atoms with E-state index in [2.05, 4.69) is 82.3 Å². The first kappa shape index (κ1) is 29.2. The van der Waals surface area contributed by atoms with Gasteiger partial charge in [-0.2, -0.15) is 0 Å². The summed E-state index contributed by atoms with van der Waals surface area (Å²) in [6, 6.07) is 27.3. The lowest BCUT2D eigenvalue weighted by molar-refractivity contribution is -0.300. The molecule has 0 aromatic heterocycles. The first-order valence-electron chi connectivity index (χ1n) is 13.8. The van der Waals surface area contributed by atoms with E-state index in [0.29, 0.717) is 13.0 Å². The standard InChI is InChI=1S/C33H42O5Si/c1-23-24(20-21-29(34)35)14-13-19-27(23)28-22-36-33(5,6)37-30(28)31(32(2,3)4)38-39(25-15-9-7-10-16-25)26-17-11-8-12-18-26/h7-19,28,30-31,39H,20-22H2,1-6H3,(H,34,35). The van der Waals surface area contributed by atoms with E-state index in [4.69, 9.17) is 13.9 Å². The lowest BCUT2D eigenvalue weighted by Gasteiger charge is -2.49. The summed E-state index contributed by atoms with van der Waals surface area (Å²) in [7, 11) is -2.07. The van der Waals surface area contributed by atoms with E-state index in [-0.39, 0.29) is 30.0 Å². The molecule has 5 nitrogen and oxygen atoms in total. The van der Waals surface area contributed by atoms with Gasteiger partial charge >= 0.3 is 5.97 Å². The molecular formula is C33H42O5Si. The van der Waals surface area contributed by atoms with E-state index in [1.54, 1.807) is 0 Å². The van der Waals surface area contributed by atoms with Gasteiger partial charge in [0.25, 0.3) is 0 Å². The van der Waals surface area contributed by atoms with E-state index < -0.39 is 20.8 Å². The van der Waals surface area contributed by atoms with Crippen LogP contribution < -0.4 is 10.4 Å². The van der Waals surface area contributed by atoms with Crippen LogP contribution in [0.1, 0.15) is 63.6 Å². The summed E-state index contributed by atoms with van der Waals surface area (Å²) in [5, 5.41) is 11.7. The first-order chi connectivity index (χ1) is 18.5. The summed E-state index contributed by atoms with van der Waals surface area (Å²) < 4.78 is 20.3. The number of hydrogen-bond donors (Lipinski definition) is 1. The van der Waals surface area contributed by atoms with Crippen molar-refractivity contribution in [2.75, 3.05) is 6.61 Å². The molecule has 0 aliphatic carbocycles. The molecule has 3 unspecified atom stereocenters. The maximum absolute atomic E-state index is 11.3. The van der Waals surface area contributed by atoms with Crippen LogP contribution in [-0.4, -0.2) is 44.7 Å². The molecule has 3 aromatic carbocycles. The average molecular weight is 547 g/mol. The highest BCUT2D eigenvalue weighted by Crippen LogP contribution is 2.41. The molecule has 1 aliphatic rings. The highest BCUT2D eigenvalue weighted by atomic mass is 28.3. The van der Waals surface area contributed by atoms with Crippen LogP contribution in [0.25, 0.3) is 0 Å². The quantitative estimate of drug-likeness (QED) is 0.373. The van der Waals surface area contributed by atoms with E-state index in [9.17, 15) is 9.90 Å². The number of ether oxygens (including phenoxy) is 2. The molecule has 0 amide bonds. The van der Waals surface area contributed by atoms with Crippen LogP contribution in [0, 0.1) is 12.3 Å². The monoisotopic (exact) mass is 546 g/mol. The molecule has 1 saturated heterocycles. The van der Waals surface area contributed by atoms with Crippen LogP contribution in [0.15, 0.2) is 78.9 Å². The molecule has 3 atom stereocenters. The molecule has 0 saturated carbocycles. The van der Waals surface area contributed by atoms with Crippen LogP contribution in [0.2, 0.25) is 0 Å². The molecule has 1 aliphatic heterocycles. The molecule has 1 N–H and O–H groups in total. The molecule has 6 heteroatoms. The first-order valence-corrected chi connectivity index (χ1v) is 15.5. The molecule has 3 aromatic rings. The Hall–Kier alpha value is -2.77. The van der Waals surface area contributed by atoms with Gasteiger partial charge in [-0.15, -0.1) is 0 Å². The predicted molar refractivity (Wildman–Crippen MR) is 158 cm³/mol. The summed E-state index contributed by atoms with van der Waals surface area (Å²) in [5.41, 5.74) is 3.06. The van der Waals surface area contributed by atoms with Gasteiger partial charge in [0.15, 0.2) is 5.79 Å². The van der Waals surface area contributed by atoms with Gasteiger partial charge in [-0.1, -0.05) is 99.6 Å². The number of carboxylic acid groups (broad SMARTS) is 1. The van der Waals surface area contributed by atoms with E-state index in [1.165, 1.54) is 10.4 Å². The Morgan fingerprint density at radius 1 is 1.00 bits per heavy atom. The topological polar surface area (TPSA) is 65.0 Å². The third-order valence-corrected chi connectivity index (χ3v) is 10.1. The Balaban J connectivity index is 1.77. The zero-order valence-electron chi connectivity index (χ0n) is 24.0. The molecule has 0 spiro atoms. The van der Waals surface area contributed by atoms with Crippen LogP contribution >= 0.6 is 0 Å². The van der Waals surface area contributed by atoms with Gasteiger partial charge in [-0.05, 0) is 59.7 Å². The third-order valence-electron chi connectivity index (χ3n) is 7.56. The minimum absolute atomic E-state index is 0.0618. The summed E-state index contributed by atoms with van der Waals surface area (Å²) in [4.78, 5) is 11.3. The lowest BCUT2D eigenvalue weighted by Crippen LogP contribution is -2.58. The smallest absolute Gasteiger partial charge is 0.303 e. The van der Waals surface area contributed by atoms with E-state index >= 15 is 0 Å². The van der Waals surface area contributed by atoms with Crippen molar-refractivity contribution in [2.45, 2.75) is 78.3 Å². The van der Waals surface area contributed by atoms with Crippen molar-refractivity contribution in [3.05, 3.63) is 95.6 Å². The molecule has 1 fully saturated rings. The second kappa shape index (κ2) is 12.2. The van der Waals surface area contributed by atoms with Gasteiger partial charge in [0.2, 0.25) is 9.04 Å². The van der Waals surface area contributed by atoms with Crippen LogP contribution in [0.5, 0.6) is 0 Å². The SMILES string of the molecule is Cc1c(CCC(=O)O)cccc1C1COC(C)(C)OC1C(O[SiH](c1ccccc1)c1ccccc1)C(C)(C)C. The van der Waals surface area contributed by atoms with Crippen molar-refractivity contribution in [1.29, 1.82) is 0 Å². The summed E-state index contributed by atoms with van der Waals surface area (Å²) >= 11 is 0. The third kappa shape index (κ3) is 7.25. The fourth-order valence-electron chi connectivity index (χ4n) is 5.51. The highest BCUT2D eigenvalue weighted by molar-refractivity contribution is 6.80. The number of benzene rings is 3. The fraction of sp³-hybridized carbons (Fsp3) is 0.424. The summed E-state index contributed by atoms with van der Waals surface area (Å²) in [6.07, 6.45) is 0.123. The van der Waals surface area contributed by atoms with Crippen molar-refractivity contribution in [3.8, 4) is 0 Å². The van der Waals surface area contributed by atoms with Gasteiger partial charge in [-0.3, -0.25) is 4.79 Å². The van der Waals surface area contributed by atoms with Crippen molar-refractivity contribution >= 4 is 25.4 Å². The zero-order chi connectivity index (χ0) is 28.2. The molecule has 0 bridgehead atoms. The van der Waals surface area contributed by atoms with Crippen LogP contribution in [-0.2, 0) is 25.1 Å². The number of aryl methyl sites for hydroxylation is 1. The van der Waals surface area contributed by atoms with Crippen LogP contribution in [0.3, 0.4) is 0 Å². The van der Waals surface area contributed by atoms with Crippen LogP contribution in [0.4, 0.5) is 0 Å². The van der Waals surface area contributed by atoms with Crippen molar-refractivity contribution in [1.82, 2.24) is 0 Å². The number of carboxylic acids is 1. The average Bonchev–Trinajstić information content (AvgIpc) is 2.89. The van der Waals surface area contributed by atoms with Gasteiger partial charge in [-0.25, -0.2) is 0 Å². The summed E-state index contributed by atoms with van der Waals surface area (Å²) in [6.45, 7) is 13.2. The minimum Gasteiger partial charge on any atom is -0.481 e. The Morgan fingerprint density at radius 3 is 2.13 bits per heavy atom. The molecule has 39 heavy (non-hydrogen) atoms. The molecule has 208 valence electrons. The maximum atomic E-state index is 11.3. The Bertz CT molecular complexity index is 1200. The maximum Gasteiger partial charge on any atom is 0.303 e. The van der Waals surface area contributed by atoms with Crippen molar-refractivity contribution in [2.24, 2.45) is 5.41 Å². The minimum atomic E-state index is -2.07. The lowest BCUT2D eigenvalue weighted by atomic mass is 9.77. The fourth-order valence-corrected chi connectivity index (χ4v) is 8.21.